The molecule has 1 aliphatic carbocycles. The van der Waals surface area contributed by atoms with E-state index in [9.17, 15) is 18.3 Å². The molecule has 0 radical (unpaired) electrons. The highest BCUT2D eigenvalue weighted by molar-refractivity contribution is 7.92. The van der Waals surface area contributed by atoms with Crippen molar-refractivity contribution >= 4 is 60.0 Å². The van der Waals surface area contributed by atoms with Crippen molar-refractivity contribution in [2.75, 3.05) is 37.7 Å². The molecular formula is C40H37FN6O5S. The van der Waals surface area contributed by atoms with E-state index in [1.807, 2.05) is 47.7 Å². The van der Waals surface area contributed by atoms with Gasteiger partial charge in [0.2, 0.25) is 10.0 Å². The predicted molar refractivity (Wildman–Crippen MR) is 203 cm³/mol. The number of hydrogen-bond acceptors (Lipinski definition) is 8. The van der Waals surface area contributed by atoms with Crippen LogP contribution in [0.15, 0.2) is 77.2 Å². The van der Waals surface area contributed by atoms with Crippen LogP contribution in [-0.4, -0.2) is 77.7 Å². The number of hydrogen-bond donors (Lipinski definition) is 2. The summed E-state index contributed by atoms with van der Waals surface area (Å²) >= 11 is 0. The van der Waals surface area contributed by atoms with E-state index in [4.69, 9.17) is 14.4 Å². The Morgan fingerprint density at radius 3 is 2.49 bits per heavy atom. The standard InChI is InChI=1S/C40H37FN6O5S/c1-22-8-10-23(11-9-22)38-36(39(48)42-2)27-16-26(32(18-34(27)52-38)45(3)53(4,50)51)29-14-15-30-37(44-29)33-17-25-28(41)6-5-7-31(25)47(33)35(43-30)19-46-20-40(49,21-46)24-12-13-24/h5-11,14-18,24,49H,12-13,19-21H2,1-4H3,(H,42,48). The molecular weight excluding hydrogens is 696 g/mol. The Morgan fingerprint density at radius 2 is 1.79 bits per heavy atom. The van der Waals surface area contributed by atoms with Gasteiger partial charge in [-0.2, -0.15) is 0 Å². The molecule has 0 unspecified atom stereocenters. The maximum absolute atomic E-state index is 15.3. The lowest BCUT2D eigenvalue weighted by molar-refractivity contribution is -0.117. The largest absolute Gasteiger partial charge is 0.455 e. The molecule has 11 nitrogen and oxygen atoms in total. The number of benzene rings is 3. The molecule has 9 rings (SSSR count). The van der Waals surface area contributed by atoms with Crippen LogP contribution in [0.5, 0.6) is 0 Å². The van der Waals surface area contributed by atoms with Crippen molar-refractivity contribution in [2.24, 2.45) is 5.92 Å². The maximum atomic E-state index is 15.3. The molecule has 1 saturated heterocycles. The topological polar surface area (TPSA) is 133 Å². The summed E-state index contributed by atoms with van der Waals surface area (Å²) in [5.74, 6) is 0.661. The van der Waals surface area contributed by atoms with Gasteiger partial charge in [0.05, 0.1) is 51.9 Å². The second-order valence-electron chi connectivity index (χ2n) is 14.5. The first kappa shape index (κ1) is 33.5. The van der Waals surface area contributed by atoms with Crippen molar-refractivity contribution in [2.45, 2.75) is 31.9 Å². The Labute approximate surface area is 304 Å². The number of rotatable bonds is 8. The molecule has 53 heavy (non-hydrogen) atoms. The lowest BCUT2D eigenvalue weighted by Crippen LogP contribution is -2.62. The number of fused-ring (bicyclic) bond motifs is 6. The molecule has 0 atom stereocenters. The number of furan rings is 1. The number of pyridine rings is 1. The molecule has 270 valence electrons. The summed E-state index contributed by atoms with van der Waals surface area (Å²) < 4.78 is 50.8. The fraction of sp³-hybridized carbons (Fsp3) is 0.275. The fourth-order valence-corrected chi connectivity index (χ4v) is 8.28. The van der Waals surface area contributed by atoms with Crippen LogP contribution in [0.3, 0.4) is 0 Å². The van der Waals surface area contributed by atoms with Crippen LogP contribution in [-0.2, 0) is 16.6 Å². The first-order valence-corrected chi connectivity index (χ1v) is 19.4. The van der Waals surface area contributed by atoms with Crippen molar-refractivity contribution in [3.8, 4) is 22.6 Å². The smallest absolute Gasteiger partial charge is 0.255 e. The van der Waals surface area contributed by atoms with Crippen molar-refractivity contribution in [3.63, 3.8) is 0 Å². The summed E-state index contributed by atoms with van der Waals surface area (Å²) in [5.41, 5.74) is 5.23. The molecule has 13 heteroatoms. The number of carbonyl (C=O) groups is 1. The third kappa shape index (κ3) is 5.44. The van der Waals surface area contributed by atoms with E-state index in [1.165, 1.54) is 13.1 Å². The zero-order chi connectivity index (χ0) is 37.0. The van der Waals surface area contributed by atoms with Gasteiger partial charge < -0.3 is 14.8 Å². The number of sulfonamides is 1. The summed E-state index contributed by atoms with van der Waals surface area (Å²) in [6.45, 7) is 3.53. The third-order valence-electron chi connectivity index (χ3n) is 10.8. The van der Waals surface area contributed by atoms with E-state index in [-0.39, 0.29) is 11.7 Å². The van der Waals surface area contributed by atoms with Crippen LogP contribution in [0, 0.1) is 18.7 Å². The normalized spacial score (nSPS) is 16.1. The van der Waals surface area contributed by atoms with E-state index in [0.717, 1.165) is 29.0 Å². The van der Waals surface area contributed by atoms with E-state index in [1.54, 1.807) is 37.4 Å². The molecule has 0 bridgehead atoms. The first-order chi connectivity index (χ1) is 25.3. The molecule has 1 saturated carbocycles. The lowest BCUT2D eigenvalue weighted by Gasteiger charge is -2.46. The van der Waals surface area contributed by atoms with E-state index in [0.29, 0.717) is 104 Å². The number of aryl methyl sites for hydroxylation is 1. The molecule has 0 spiro atoms. The van der Waals surface area contributed by atoms with Gasteiger partial charge in [0.1, 0.15) is 28.5 Å². The third-order valence-corrected chi connectivity index (χ3v) is 12.0. The minimum atomic E-state index is -3.76. The number of halogens is 1. The summed E-state index contributed by atoms with van der Waals surface area (Å²) in [4.78, 5) is 25.8. The van der Waals surface area contributed by atoms with Gasteiger partial charge in [-0.05, 0) is 62.1 Å². The average Bonchev–Trinajstić information content (AvgIpc) is 3.81. The summed E-state index contributed by atoms with van der Waals surface area (Å²) in [7, 11) is -0.753. The first-order valence-electron chi connectivity index (χ1n) is 17.5. The summed E-state index contributed by atoms with van der Waals surface area (Å²) in [5, 5.41) is 14.6. The van der Waals surface area contributed by atoms with Gasteiger partial charge in [-0.1, -0.05) is 35.9 Å². The molecule has 4 aromatic heterocycles. The fourth-order valence-electron chi connectivity index (χ4n) is 7.78. The molecule has 2 aliphatic rings. The number of anilines is 1. The van der Waals surface area contributed by atoms with Crippen molar-refractivity contribution in [3.05, 3.63) is 95.6 Å². The molecule has 1 aliphatic heterocycles. The number of β-amino-alcohol motifs (C(OH)–C–C–N with tert-alkyl or cyclic N) is 1. The Balaban J connectivity index is 1.26. The number of nitrogens with zero attached hydrogens (tertiary/aromatic N) is 5. The zero-order valence-electron chi connectivity index (χ0n) is 29.6. The van der Waals surface area contributed by atoms with Gasteiger partial charge >= 0.3 is 0 Å². The van der Waals surface area contributed by atoms with Crippen LogP contribution in [0.2, 0.25) is 0 Å². The number of aromatic nitrogens is 3. The highest BCUT2D eigenvalue weighted by Crippen LogP contribution is 2.45. The van der Waals surface area contributed by atoms with Gasteiger partial charge in [0, 0.05) is 55.2 Å². The predicted octanol–water partition coefficient (Wildman–Crippen LogP) is 6.28. The van der Waals surface area contributed by atoms with Gasteiger partial charge in [-0.3, -0.25) is 18.4 Å². The average molecular weight is 733 g/mol. The van der Waals surface area contributed by atoms with Gasteiger partial charge in [0.15, 0.2) is 0 Å². The monoisotopic (exact) mass is 732 g/mol. The number of carbonyl (C=O) groups excluding carboxylic acids is 1. The van der Waals surface area contributed by atoms with Crippen LogP contribution in [0.1, 0.15) is 34.6 Å². The second-order valence-corrected chi connectivity index (χ2v) is 16.5. The number of aliphatic hydroxyl groups is 1. The minimum absolute atomic E-state index is 0.299. The molecule has 2 N–H and O–H groups in total. The van der Waals surface area contributed by atoms with Gasteiger partial charge in [-0.15, -0.1) is 0 Å². The van der Waals surface area contributed by atoms with Crippen molar-refractivity contribution < 1.29 is 27.1 Å². The SMILES string of the molecule is CNC(=O)c1c(-c2ccc(C)cc2)oc2cc(N(C)S(C)(=O)=O)c(-c3ccc4nc(CN5CC(O)(C6CC6)C5)n5c6cccc(F)c6cc5c4n3)cc12. The molecule has 2 fully saturated rings. The number of nitrogens with one attached hydrogen (secondary N) is 1. The Hall–Kier alpha value is -5.37. The molecule has 3 aromatic carbocycles. The van der Waals surface area contributed by atoms with Crippen LogP contribution >= 0.6 is 0 Å². The number of likely N-dealkylation sites (tertiary alicyclic amines) is 1. The number of amides is 1. The second kappa shape index (κ2) is 11.8. The van der Waals surface area contributed by atoms with E-state index >= 15 is 4.39 Å². The van der Waals surface area contributed by atoms with Gasteiger partial charge in [0.25, 0.3) is 5.91 Å². The zero-order valence-corrected chi connectivity index (χ0v) is 30.5. The Kier molecular flexibility index (Phi) is 7.46. The summed E-state index contributed by atoms with van der Waals surface area (Å²) in [6, 6.07) is 21.3. The van der Waals surface area contributed by atoms with Crippen LogP contribution in [0.4, 0.5) is 10.1 Å². The minimum Gasteiger partial charge on any atom is -0.455 e. The summed E-state index contributed by atoms with van der Waals surface area (Å²) in [6.07, 6.45) is 3.22. The highest BCUT2D eigenvalue weighted by Gasteiger charge is 2.51. The van der Waals surface area contributed by atoms with Gasteiger partial charge in [-0.25, -0.2) is 22.8 Å². The quantitative estimate of drug-likeness (QED) is 0.187. The molecule has 5 heterocycles. The molecule has 7 aromatic rings. The van der Waals surface area contributed by atoms with E-state index < -0.39 is 15.6 Å². The van der Waals surface area contributed by atoms with E-state index in [2.05, 4.69) is 10.2 Å². The van der Waals surface area contributed by atoms with Crippen LogP contribution in [0.25, 0.3) is 61.0 Å². The Bertz CT molecular complexity index is 2770. The van der Waals surface area contributed by atoms with Crippen molar-refractivity contribution in [1.82, 2.24) is 24.6 Å². The lowest BCUT2D eigenvalue weighted by atomic mass is 9.89. The van der Waals surface area contributed by atoms with Crippen molar-refractivity contribution in [1.29, 1.82) is 0 Å². The molecule has 1 amide bonds. The highest BCUT2D eigenvalue weighted by atomic mass is 32.2. The Morgan fingerprint density at radius 1 is 1.04 bits per heavy atom. The maximum Gasteiger partial charge on any atom is 0.255 e. The van der Waals surface area contributed by atoms with Crippen LogP contribution < -0.4 is 9.62 Å².